The molecule has 0 spiro atoms. The van der Waals surface area contributed by atoms with Gasteiger partial charge in [0.25, 0.3) is 0 Å². The lowest BCUT2D eigenvalue weighted by Gasteiger charge is -2.08. The fourth-order valence-corrected chi connectivity index (χ4v) is 3.30. The highest BCUT2D eigenvalue weighted by atomic mass is 35.5. The van der Waals surface area contributed by atoms with Gasteiger partial charge in [0.15, 0.2) is 17.3 Å². The first kappa shape index (κ1) is 20.5. The summed E-state index contributed by atoms with van der Waals surface area (Å²) in [5.41, 5.74) is 1.41. The standard InChI is InChI=1S/C24H17ClO6/c1-28-19-9-6-14(10-21(19)29-2)11-22-23(26)18-8-7-17(13-20(18)31-22)30-24(27)15-4-3-5-16(25)12-15/h3-13H,1-2H3/b22-11-. The minimum absolute atomic E-state index is 0.153. The van der Waals surface area contributed by atoms with Crippen LogP contribution in [0.5, 0.6) is 23.0 Å². The van der Waals surface area contributed by atoms with Gasteiger partial charge < -0.3 is 18.9 Å². The summed E-state index contributed by atoms with van der Waals surface area (Å²) < 4.78 is 21.6. The van der Waals surface area contributed by atoms with Gasteiger partial charge >= 0.3 is 5.97 Å². The molecule has 0 saturated carbocycles. The molecule has 3 aromatic rings. The molecule has 0 N–H and O–H groups in total. The molecule has 31 heavy (non-hydrogen) atoms. The summed E-state index contributed by atoms with van der Waals surface area (Å²) in [7, 11) is 3.08. The smallest absolute Gasteiger partial charge is 0.343 e. The predicted octanol–water partition coefficient (Wildman–Crippen LogP) is 5.19. The normalized spacial score (nSPS) is 13.5. The molecule has 0 atom stereocenters. The Morgan fingerprint density at radius 2 is 1.77 bits per heavy atom. The third kappa shape index (κ3) is 4.25. The van der Waals surface area contributed by atoms with Crippen LogP contribution in [0, 0.1) is 0 Å². The first-order valence-electron chi connectivity index (χ1n) is 9.26. The zero-order valence-corrected chi connectivity index (χ0v) is 17.4. The number of Topliss-reactive ketones (excluding diaryl/α,β-unsaturated/α-hetero) is 1. The number of fused-ring (bicyclic) bond motifs is 1. The Bertz CT molecular complexity index is 1210. The number of hydrogen-bond donors (Lipinski definition) is 0. The van der Waals surface area contributed by atoms with Crippen molar-refractivity contribution in [2.45, 2.75) is 0 Å². The summed E-state index contributed by atoms with van der Waals surface area (Å²) in [6, 6.07) is 16.3. The van der Waals surface area contributed by atoms with Crippen LogP contribution in [-0.2, 0) is 0 Å². The molecule has 6 nitrogen and oxygen atoms in total. The maximum Gasteiger partial charge on any atom is 0.343 e. The van der Waals surface area contributed by atoms with E-state index in [1.54, 1.807) is 61.7 Å². The lowest BCUT2D eigenvalue weighted by molar-refractivity contribution is 0.0734. The van der Waals surface area contributed by atoms with Crippen LogP contribution in [0.2, 0.25) is 5.02 Å². The van der Waals surface area contributed by atoms with Gasteiger partial charge in [0, 0.05) is 11.1 Å². The first-order chi connectivity index (χ1) is 15.0. The predicted molar refractivity (Wildman–Crippen MR) is 115 cm³/mol. The Labute approximate surface area is 183 Å². The average Bonchev–Trinajstić information content (AvgIpc) is 3.08. The van der Waals surface area contributed by atoms with Gasteiger partial charge in [0.2, 0.25) is 5.78 Å². The highest BCUT2D eigenvalue weighted by molar-refractivity contribution is 6.30. The second-order valence-corrected chi connectivity index (χ2v) is 7.05. The summed E-state index contributed by atoms with van der Waals surface area (Å²) in [5, 5.41) is 0.433. The van der Waals surface area contributed by atoms with Crippen LogP contribution in [0.25, 0.3) is 6.08 Å². The molecule has 0 radical (unpaired) electrons. The zero-order valence-electron chi connectivity index (χ0n) is 16.7. The summed E-state index contributed by atoms with van der Waals surface area (Å²) in [6.45, 7) is 0. The SMILES string of the molecule is COc1ccc(/C=C2\Oc3cc(OC(=O)c4cccc(Cl)c4)ccc3C2=O)cc1OC. The van der Waals surface area contributed by atoms with Crippen molar-refractivity contribution in [2.75, 3.05) is 14.2 Å². The lowest BCUT2D eigenvalue weighted by atomic mass is 10.1. The molecular formula is C24H17ClO6. The third-order valence-electron chi connectivity index (χ3n) is 4.62. The van der Waals surface area contributed by atoms with Crippen LogP contribution >= 0.6 is 11.6 Å². The molecule has 0 amide bonds. The summed E-state index contributed by atoms with van der Waals surface area (Å²) >= 11 is 5.92. The van der Waals surface area contributed by atoms with Crippen molar-refractivity contribution in [1.29, 1.82) is 0 Å². The summed E-state index contributed by atoms with van der Waals surface area (Å²) in [5.74, 6) is 1.01. The Hall–Kier alpha value is -3.77. The molecule has 0 aromatic heterocycles. The number of methoxy groups -OCH3 is 2. The van der Waals surface area contributed by atoms with Gasteiger partial charge in [-0.1, -0.05) is 23.7 Å². The Kier molecular flexibility index (Phi) is 5.64. The quantitative estimate of drug-likeness (QED) is 0.311. The number of ketones is 1. The molecule has 3 aromatic carbocycles. The van der Waals surface area contributed by atoms with Crippen molar-refractivity contribution < 1.29 is 28.5 Å². The molecule has 0 fully saturated rings. The third-order valence-corrected chi connectivity index (χ3v) is 4.85. The number of esters is 1. The number of hydrogen-bond acceptors (Lipinski definition) is 6. The minimum Gasteiger partial charge on any atom is -0.493 e. The van der Waals surface area contributed by atoms with E-state index in [0.29, 0.717) is 39.0 Å². The van der Waals surface area contributed by atoms with E-state index in [1.807, 2.05) is 0 Å². The van der Waals surface area contributed by atoms with E-state index in [0.717, 1.165) is 0 Å². The number of benzene rings is 3. The molecular weight excluding hydrogens is 420 g/mol. The van der Waals surface area contributed by atoms with Gasteiger partial charge in [-0.3, -0.25) is 4.79 Å². The van der Waals surface area contributed by atoms with Gasteiger partial charge in [0.1, 0.15) is 11.5 Å². The molecule has 0 unspecified atom stereocenters. The molecule has 4 rings (SSSR count). The highest BCUT2D eigenvalue weighted by Crippen LogP contribution is 2.36. The number of ether oxygens (including phenoxy) is 4. The summed E-state index contributed by atoms with van der Waals surface area (Å²) in [4.78, 5) is 25.0. The van der Waals surface area contributed by atoms with E-state index in [2.05, 4.69) is 0 Å². The van der Waals surface area contributed by atoms with E-state index in [9.17, 15) is 9.59 Å². The largest absolute Gasteiger partial charge is 0.493 e. The van der Waals surface area contributed by atoms with Crippen LogP contribution in [0.3, 0.4) is 0 Å². The van der Waals surface area contributed by atoms with E-state index < -0.39 is 5.97 Å². The van der Waals surface area contributed by atoms with Gasteiger partial charge in [-0.15, -0.1) is 0 Å². The van der Waals surface area contributed by atoms with Gasteiger partial charge in [0.05, 0.1) is 25.3 Å². The first-order valence-corrected chi connectivity index (χ1v) is 9.64. The van der Waals surface area contributed by atoms with Crippen molar-refractivity contribution >= 4 is 29.4 Å². The Morgan fingerprint density at radius 1 is 0.968 bits per heavy atom. The number of rotatable bonds is 5. The molecule has 0 aliphatic carbocycles. The second-order valence-electron chi connectivity index (χ2n) is 6.61. The molecule has 1 heterocycles. The number of carbonyl (C=O) groups is 2. The molecule has 7 heteroatoms. The molecule has 156 valence electrons. The van der Waals surface area contributed by atoms with E-state index >= 15 is 0 Å². The molecule has 1 aliphatic heterocycles. The highest BCUT2D eigenvalue weighted by Gasteiger charge is 2.28. The number of carbonyl (C=O) groups excluding carboxylic acids is 2. The van der Waals surface area contributed by atoms with E-state index in [-0.39, 0.29) is 17.3 Å². The number of allylic oxidation sites excluding steroid dienone is 1. The molecule has 0 saturated heterocycles. The van der Waals surface area contributed by atoms with Gasteiger partial charge in [-0.2, -0.15) is 0 Å². The monoisotopic (exact) mass is 436 g/mol. The van der Waals surface area contributed by atoms with Crippen molar-refractivity contribution in [3.63, 3.8) is 0 Å². The van der Waals surface area contributed by atoms with E-state index in [4.69, 9.17) is 30.5 Å². The van der Waals surface area contributed by atoms with Crippen LogP contribution in [-0.4, -0.2) is 26.0 Å². The van der Waals surface area contributed by atoms with Crippen LogP contribution in [0.4, 0.5) is 0 Å². The van der Waals surface area contributed by atoms with Crippen LogP contribution in [0.15, 0.2) is 66.4 Å². The Balaban J connectivity index is 1.55. The lowest BCUT2D eigenvalue weighted by Crippen LogP contribution is -2.08. The van der Waals surface area contributed by atoms with Gasteiger partial charge in [-0.05, 0) is 54.1 Å². The van der Waals surface area contributed by atoms with Crippen LogP contribution < -0.4 is 18.9 Å². The fraction of sp³-hybridized carbons (Fsp3) is 0.0833. The van der Waals surface area contributed by atoms with E-state index in [1.165, 1.54) is 19.2 Å². The number of halogens is 1. The molecule has 0 bridgehead atoms. The minimum atomic E-state index is -0.562. The molecule has 1 aliphatic rings. The second kappa shape index (κ2) is 8.53. The van der Waals surface area contributed by atoms with Crippen molar-refractivity contribution in [3.8, 4) is 23.0 Å². The summed E-state index contributed by atoms with van der Waals surface area (Å²) in [6.07, 6.45) is 1.61. The van der Waals surface area contributed by atoms with Crippen molar-refractivity contribution in [3.05, 3.63) is 88.1 Å². The maximum atomic E-state index is 12.7. The van der Waals surface area contributed by atoms with Gasteiger partial charge in [-0.25, -0.2) is 4.79 Å². The average molecular weight is 437 g/mol. The topological polar surface area (TPSA) is 71.1 Å². The van der Waals surface area contributed by atoms with Crippen LogP contribution in [0.1, 0.15) is 26.3 Å². The maximum absolute atomic E-state index is 12.7. The fourth-order valence-electron chi connectivity index (χ4n) is 3.11. The Morgan fingerprint density at radius 3 is 2.52 bits per heavy atom. The van der Waals surface area contributed by atoms with Crippen molar-refractivity contribution in [1.82, 2.24) is 0 Å². The zero-order chi connectivity index (χ0) is 22.0. The van der Waals surface area contributed by atoms with Crippen molar-refractivity contribution in [2.24, 2.45) is 0 Å².